The largest absolute Gasteiger partial charge is 0.508 e. The first-order chi connectivity index (χ1) is 24.7. The number of piperazine rings is 1. The predicted molar refractivity (Wildman–Crippen MR) is 187 cm³/mol. The summed E-state index contributed by atoms with van der Waals surface area (Å²) in [4.78, 5) is 66.7. The van der Waals surface area contributed by atoms with Crippen LogP contribution >= 0.6 is 0 Å². The summed E-state index contributed by atoms with van der Waals surface area (Å²) < 4.78 is 15.8. The Kier molecular flexibility index (Phi) is 10.7. The quantitative estimate of drug-likeness (QED) is 0.103. The molecule has 3 aromatic carbocycles. The standard InChI is InChI=1S/C37H39N5O9/c1-2-17-49-37(48)51-21-25-20-41-24(19-42(25)35(46)40-32-18-23(33(43)44)14-15-31(32)39-34(41)45)9-7-8-16-38-36(47)50-22-30-28-12-5-3-10-26(28)27-11-4-6-13-29(27)30/h2-6,10-15,18,24-25,30H,1,7-9,16-17,19-22H2,(H,38,47)(H,39,45)(H,40,46)(H,43,44)/t24-,25-/m1/s1. The highest BCUT2D eigenvalue weighted by atomic mass is 16.7. The maximum Gasteiger partial charge on any atom is 0.508 e. The third-order valence-electron chi connectivity index (χ3n) is 9.26. The number of hydrogen-bond acceptors (Lipinski definition) is 8. The molecular weight excluding hydrogens is 658 g/mol. The van der Waals surface area contributed by atoms with Gasteiger partial charge in [0, 0.05) is 25.6 Å². The van der Waals surface area contributed by atoms with Crippen molar-refractivity contribution in [2.24, 2.45) is 0 Å². The van der Waals surface area contributed by atoms with Gasteiger partial charge in [0.15, 0.2) is 0 Å². The number of carboxylic acids is 1. The summed E-state index contributed by atoms with van der Waals surface area (Å²) in [5, 5.41) is 17.8. The van der Waals surface area contributed by atoms with Crippen molar-refractivity contribution in [3.05, 3.63) is 96.1 Å². The van der Waals surface area contributed by atoms with E-state index in [-0.39, 0.29) is 55.8 Å². The van der Waals surface area contributed by atoms with Crippen LogP contribution in [0.25, 0.3) is 11.1 Å². The van der Waals surface area contributed by atoms with Crippen LogP contribution < -0.4 is 16.0 Å². The predicted octanol–water partition coefficient (Wildman–Crippen LogP) is 5.87. The van der Waals surface area contributed by atoms with Gasteiger partial charge < -0.3 is 45.1 Å². The number of urea groups is 2. The molecule has 7 rings (SSSR count). The van der Waals surface area contributed by atoms with E-state index >= 15 is 0 Å². The van der Waals surface area contributed by atoms with Crippen molar-refractivity contribution in [2.75, 3.05) is 50.1 Å². The monoisotopic (exact) mass is 697 g/mol. The Bertz CT molecular complexity index is 1790. The number of ether oxygens (including phenoxy) is 3. The van der Waals surface area contributed by atoms with Crippen LogP contribution in [0.15, 0.2) is 79.4 Å². The fourth-order valence-corrected chi connectivity index (χ4v) is 6.78. The van der Waals surface area contributed by atoms with Crippen molar-refractivity contribution >= 4 is 41.7 Å². The lowest BCUT2D eigenvalue weighted by atomic mass is 9.98. The molecule has 4 N–H and O–H groups in total. The van der Waals surface area contributed by atoms with Crippen molar-refractivity contribution in [3.63, 3.8) is 0 Å². The average molecular weight is 698 g/mol. The molecule has 5 amide bonds. The van der Waals surface area contributed by atoms with Crippen LogP contribution in [0.1, 0.15) is 46.7 Å². The Morgan fingerprint density at radius 2 is 1.47 bits per heavy atom. The lowest BCUT2D eigenvalue weighted by Crippen LogP contribution is -2.64. The van der Waals surface area contributed by atoms with Gasteiger partial charge in [-0.3, -0.25) is 0 Å². The van der Waals surface area contributed by atoms with Crippen LogP contribution in [0.5, 0.6) is 0 Å². The molecule has 0 aromatic heterocycles. The van der Waals surface area contributed by atoms with Gasteiger partial charge >= 0.3 is 30.3 Å². The first kappa shape index (κ1) is 34.8. The van der Waals surface area contributed by atoms with Crippen molar-refractivity contribution in [1.29, 1.82) is 0 Å². The molecule has 0 saturated carbocycles. The second-order valence-electron chi connectivity index (χ2n) is 12.4. The van der Waals surface area contributed by atoms with Crippen LogP contribution in [0.3, 0.4) is 0 Å². The fraction of sp³-hybridized carbons (Fsp3) is 0.324. The maximum absolute atomic E-state index is 13.6. The molecule has 1 aliphatic carbocycles. The number of fused-ring (bicyclic) bond motifs is 7. The van der Waals surface area contributed by atoms with Crippen molar-refractivity contribution < 1.29 is 43.3 Å². The summed E-state index contributed by atoms with van der Waals surface area (Å²) in [5.74, 6) is -1.24. The molecule has 3 aromatic rings. The summed E-state index contributed by atoms with van der Waals surface area (Å²) >= 11 is 0. The summed E-state index contributed by atoms with van der Waals surface area (Å²) in [6.45, 7) is 3.92. The van der Waals surface area contributed by atoms with E-state index in [1.807, 2.05) is 24.3 Å². The minimum atomic E-state index is -1.20. The number of amides is 5. The average Bonchev–Trinajstić information content (AvgIpc) is 3.45. The number of rotatable bonds is 12. The number of alkyl carbamates (subject to hydrolysis) is 1. The second kappa shape index (κ2) is 15.7. The summed E-state index contributed by atoms with van der Waals surface area (Å²) in [5.41, 5.74) is 4.83. The lowest BCUT2D eigenvalue weighted by Gasteiger charge is -2.46. The molecule has 3 heterocycles. The number of nitrogens with zero attached hydrogens (tertiary/aromatic N) is 2. The first-order valence-corrected chi connectivity index (χ1v) is 16.8. The third kappa shape index (κ3) is 7.90. The molecule has 1 fully saturated rings. The Morgan fingerprint density at radius 3 is 2.16 bits per heavy atom. The Balaban J connectivity index is 1.06. The van der Waals surface area contributed by atoms with Crippen LogP contribution in [0.4, 0.5) is 30.6 Å². The summed E-state index contributed by atoms with van der Waals surface area (Å²) in [7, 11) is 0. The van der Waals surface area contributed by atoms with E-state index in [0.29, 0.717) is 25.8 Å². The van der Waals surface area contributed by atoms with E-state index in [0.717, 1.165) is 22.3 Å². The van der Waals surface area contributed by atoms with Gasteiger partial charge in [0.2, 0.25) is 0 Å². The zero-order valence-electron chi connectivity index (χ0n) is 27.8. The molecule has 4 aliphatic rings. The number of nitrogens with one attached hydrogen (secondary N) is 3. The van der Waals surface area contributed by atoms with Crippen molar-refractivity contribution in [3.8, 4) is 11.1 Å². The minimum Gasteiger partial charge on any atom is -0.478 e. The molecule has 1 saturated heterocycles. The van der Waals surface area contributed by atoms with Gasteiger partial charge in [0.25, 0.3) is 0 Å². The first-order valence-electron chi connectivity index (χ1n) is 16.8. The SMILES string of the molecule is C=CCOC(=O)OC[C@H]1CN2C(=O)Nc3ccc(C(=O)O)cc3NC(=O)N1C[C@H]2CCCCNC(=O)OCC1c2ccccc2-c2ccccc21. The molecule has 2 atom stereocenters. The Hall–Kier alpha value is -6.05. The molecule has 51 heavy (non-hydrogen) atoms. The molecule has 2 bridgehead atoms. The minimum absolute atomic E-state index is 0.0447. The number of aromatic carboxylic acids is 1. The highest BCUT2D eigenvalue weighted by molar-refractivity contribution is 6.02. The van der Waals surface area contributed by atoms with E-state index in [1.165, 1.54) is 29.2 Å². The van der Waals surface area contributed by atoms with E-state index in [1.54, 1.807) is 4.90 Å². The Morgan fingerprint density at radius 1 is 0.824 bits per heavy atom. The number of unbranched alkanes of at least 4 members (excludes halogenated alkanes) is 1. The molecule has 3 aliphatic heterocycles. The van der Waals surface area contributed by atoms with Gasteiger partial charge in [-0.1, -0.05) is 61.2 Å². The van der Waals surface area contributed by atoms with Crippen molar-refractivity contribution in [1.82, 2.24) is 15.1 Å². The van der Waals surface area contributed by atoms with Crippen LogP contribution in [-0.2, 0) is 14.2 Å². The van der Waals surface area contributed by atoms with Gasteiger partial charge in [0.1, 0.15) is 19.8 Å². The molecule has 0 radical (unpaired) electrons. The van der Waals surface area contributed by atoms with Gasteiger partial charge in [-0.15, -0.1) is 0 Å². The zero-order valence-corrected chi connectivity index (χ0v) is 27.8. The number of anilines is 2. The summed E-state index contributed by atoms with van der Waals surface area (Å²) in [6, 6.07) is 18.1. The fourth-order valence-electron chi connectivity index (χ4n) is 6.78. The van der Waals surface area contributed by atoms with Crippen LogP contribution in [-0.4, -0.2) is 96.7 Å². The van der Waals surface area contributed by atoms with Crippen LogP contribution in [0.2, 0.25) is 0 Å². The molecule has 14 heteroatoms. The number of carboxylic acid groups (broad SMARTS) is 1. The normalized spacial score (nSPS) is 17.6. The summed E-state index contributed by atoms with van der Waals surface area (Å²) in [6.07, 6.45) is 1.64. The Labute approximate surface area is 294 Å². The van der Waals surface area contributed by atoms with E-state index in [2.05, 4.69) is 46.8 Å². The maximum atomic E-state index is 13.6. The highest BCUT2D eigenvalue weighted by Crippen LogP contribution is 2.44. The number of carbonyl (C=O) groups is 5. The van der Waals surface area contributed by atoms with Gasteiger partial charge in [0.05, 0.1) is 29.0 Å². The molecule has 0 spiro atoms. The van der Waals surface area contributed by atoms with Gasteiger partial charge in [-0.05, 0) is 59.7 Å². The number of hydrogen-bond donors (Lipinski definition) is 4. The number of carbonyl (C=O) groups excluding carboxylic acids is 4. The molecule has 14 nitrogen and oxygen atoms in total. The molecular formula is C37H39N5O9. The van der Waals surface area contributed by atoms with E-state index in [9.17, 15) is 29.1 Å². The topological polar surface area (TPSA) is 176 Å². The highest BCUT2D eigenvalue weighted by Gasteiger charge is 2.40. The van der Waals surface area contributed by atoms with Gasteiger partial charge in [-0.2, -0.15) is 0 Å². The molecule has 266 valence electrons. The number of benzene rings is 3. The van der Waals surface area contributed by atoms with Gasteiger partial charge in [-0.25, -0.2) is 24.0 Å². The smallest absolute Gasteiger partial charge is 0.478 e. The van der Waals surface area contributed by atoms with E-state index < -0.39 is 42.4 Å². The van der Waals surface area contributed by atoms with E-state index in [4.69, 9.17) is 14.2 Å². The zero-order chi connectivity index (χ0) is 35.9. The lowest BCUT2D eigenvalue weighted by molar-refractivity contribution is 0.0145. The third-order valence-corrected chi connectivity index (χ3v) is 9.26. The van der Waals surface area contributed by atoms with Crippen LogP contribution in [0, 0.1) is 0 Å². The van der Waals surface area contributed by atoms with Crippen molar-refractivity contribution in [2.45, 2.75) is 37.3 Å². The second-order valence-corrected chi connectivity index (χ2v) is 12.4. The molecule has 0 unspecified atom stereocenters.